The molecule has 5 rings (SSSR count). The highest BCUT2D eigenvalue weighted by molar-refractivity contribution is 6.32. The van der Waals surface area contributed by atoms with E-state index in [1.165, 1.54) is 13.3 Å². The summed E-state index contributed by atoms with van der Waals surface area (Å²) in [6.07, 6.45) is 6.47. The standard InChI is InChI=1S/C24H21ClN2O4/c1-30-19-10-15(9-18(25)22(19)31-13-14-5-3-2-4-6-14)12-26-27-23(28)20-16-7-8-17(11-16)21(20)24(27)29/h2-10,12,16-17,20-21H,11,13H2,1H3. The van der Waals surface area contributed by atoms with Crippen LogP contribution in [0.4, 0.5) is 0 Å². The van der Waals surface area contributed by atoms with Crippen molar-refractivity contribution in [1.82, 2.24) is 5.01 Å². The number of carbonyl (C=O) groups is 2. The number of nitrogens with zero attached hydrogens (tertiary/aromatic N) is 2. The third-order valence-corrected chi connectivity index (χ3v) is 6.53. The highest BCUT2D eigenvalue weighted by Crippen LogP contribution is 2.52. The lowest BCUT2D eigenvalue weighted by Crippen LogP contribution is -2.28. The number of amides is 2. The third-order valence-electron chi connectivity index (χ3n) is 6.25. The molecule has 4 unspecified atom stereocenters. The minimum Gasteiger partial charge on any atom is -0.493 e. The summed E-state index contributed by atoms with van der Waals surface area (Å²) >= 11 is 6.43. The highest BCUT2D eigenvalue weighted by atomic mass is 35.5. The van der Waals surface area contributed by atoms with Crippen LogP contribution < -0.4 is 9.47 Å². The fourth-order valence-electron chi connectivity index (χ4n) is 4.81. The van der Waals surface area contributed by atoms with Gasteiger partial charge in [0, 0.05) is 0 Å². The van der Waals surface area contributed by atoms with E-state index in [0.29, 0.717) is 28.7 Å². The quantitative estimate of drug-likeness (QED) is 0.389. The van der Waals surface area contributed by atoms with Crippen LogP contribution in [0.1, 0.15) is 17.5 Å². The van der Waals surface area contributed by atoms with Gasteiger partial charge < -0.3 is 9.47 Å². The molecule has 2 fully saturated rings. The number of fused-ring (bicyclic) bond motifs is 5. The van der Waals surface area contributed by atoms with Crippen LogP contribution in [-0.2, 0) is 16.2 Å². The Labute approximate surface area is 185 Å². The maximum Gasteiger partial charge on any atom is 0.254 e. The normalized spacial score (nSPS) is 26.2. The number of rotatable bonds is 6. The Morgan fingerprint density at radius 1 is 1.10 bits per heavy atom. The molecule has 7 heteroatoms. The Balaban J connectivity index is 1.34. The Hall–Kier alpha value is -3.12. The lowest BCUT2D eigenvalue weighted by Gasteiger charge is -2.14. The second kappa shape index (κ2) is 7.85. The number of ether oxygens (including phenoxy) is 2. The number of benzene rings is 2. The number of hydrogen-bond donors (Lipinski definition) is 0. The van der Waals surface area contributed by atoms with E-state index < -0.39 is 0 Å². The zero-order chi connectivity index (χ0) is 21.5. The summed E-state index contributed by atoms with van der Waals surface area (Å²) in [7, 11) is 1.53. The molecule has 1 aliphatic heterocycles. The van der Waals surface area contributed by atoms with Crippen molar-refractivity contribution in [1.29, 1.82) is 0 Å². The summed E-state index contributed by atoms with van der Waals surface area (Å²) in [6, 6.07) is 13.1. The van der Waals surface area contributed by atoms with E-state index in [4.69, 9.17) is 21.1 Å². The van der Waals surface area contributed by atoms with Crippen molar-refractivity contribution < 1.29 is 19.1 Å². The summed E-state index contributed by atoms with van der Waals surface area (Å²) in [5.74, 6) is 0.203. The van der Waals surface area contributed by atoms with Crippen molar-refractivity contribution in [3.63, 3.8) is 0 Å². The topological polar surface area (TPSA) is 68.2 Å². The molecule has 0 radical (unpaired) electrons. The van der Waals surface area contributed by atoms with Gasteiger partial charge in [-0.25, -0.2) is 0 Å². The molecule has 0 N–H and O–H groups in total. The second-order valence-corrected chi connectivity index (χ2v) is 8.45. The summed E-state index contributed by atoms with van der Waals surface area (Å²) in [4.78, 5) is 25.5. The van der Waals surface area contributed by atoms with E-state index in [2.05, 4.69) is 17.3 Å². The summed E-state index contributed by atoms with van der Waals surface area (Å²) in [6.45, 7) is 0.348. The van der Waals surface area contributed by atoms with Crippen molar-refractivity contribution in [3.05, 3.63) is 70.8 Å². The fraction of sp³-hybridized carbons (Fsp3) is 0.292. The number of allylic oxidation sites excluding steroid dienone is 2. The second-order valence-electron chi connectivity index (χ2n) is 8.04. The average molecular weight is 437 g/mol. The van der Waals surface area contributed by atoms with Gasteiger partial charge in [0.1, 0.15) is 6.61 Å². The third kappa shape index (κ3) is 3.41. The van der Waals surface area contributed by atoms with Gasteiger partial charge in [0.25, 0.3) is 11.8 Å². The Morgan fingerprint density at radius 3 is 2.42 bits per heavy atom. The highest BCUT2D eigenvalue weighted by Gasteiger charge is 2.59. The van der Waals surface area contributed by atoms with Gasteiger partial charge >= 0.3 is 0 Å². The van der Waals surface area contributed by atoms with Crippen LogP contribution in [0.5, 0.6) is 11.5 Å². The van der Waals surface area contributed by atoms with Gasteiger partial charge in [0.05, 0.1) is 30.2 Å². The first kappa shape index (κ1) is 19.8. The van der Waals surface area contributed by atoms with Crippen molar-refractivity contribution in [3.8, 4) is 11.5 Å². The molecule has 2 aromatic carbocycles. The van der Waals surface area contributed by atoms with Crippen LogP contribution in [0.25, 0.3) is 0 Å². The van der Waals surface area contributed by atoms with Gasteiger partial charge in [-0.2, -0.15) is 10.1 Å². The lowest BCUT2D eigenvalue weighted by atomic mass is 9.85. The number of methoxy groups -OCH3 is 1. The van der Waals surface area contributed by atoms with Crippen molar-refractivity contribution in [2.45, 2.75) is 13.0 Å². The van der Waals surface area contributed by atoms with Crippen LogP contribution in [0, 0.1) is 23.7 Å². The van der Waals surface area contributed by atoms with Crippen LogP contribution in [0.15, 0.2) is 59.7 Å². The van der Waals surface area contributed by atoms with Gasteiger partial charge in [-0.1, -0.05) is 54.1 Å². The van der Waals surface area contributed by atoms with Gasteiger partial charge in [-0.15, -0.1) is 0 Å². The van der Waals surface area contributed by atoms with E-state index in [1.54, 1.807) is 12.1 Å². The molecule has 2 aliphatic carbocycles. The number of hydrogen-bond acceptors (Lipinski definition) is 5. The minimum atomic E-state index is -0.272. The number of halogens is 1. The van der Waals surface area contributed by atoms with E-state index in [-0.39, 0.29) is 35.5 Å². The largest absolute Gasteiger partial charge is 0.493 e. The first-order valence-corrected chi connectivity index (χ1v) is 10.6. The molecule has 6 nitrogen and oxygen atoms in total. The molecule has 2 amide bonds. The molecule has 1 heterocycles. The fourth-order valence-corrected chi connectivity index (χ4v) is 5.08. The number of imide groups is 1. The lowest BCUT2D eigenvalue weighted by molar-refractivity contribution is -0.140. The van der Waals surface area contributed by atoms with Crippen LogP contribution in [0.3, 0.4) is 0 Å². The predicted molar refractivity (Wildman–Crippen MR) is 116 cm³/mol. The van der Waals surface area contributed by atoms with Crippen molar-refractivity contribution in [2.24, 2.45) is 28.8 Å². The Morgan fingerprint density at radius 2 is 1.77 bits per heavy atom. The van der Waals surface area contributed by atoms with E-state index in [1.807, 2.05) is 30.3 Å². The molecule has 1 saturated heterocycles. The molecule has 31 heavy (non-hydrogen) atoms. The number of carbonyl (C=O) groups excluding carboxylic acids is 2. The first-order valence-electron chi connectivity index (χ1n) is 10.2. The summed E-state index contributed by atoms with van der Waals surface area (Å²) in [5.41, 5.74) is 1.61. The molecular formula is C24H21ClN2O4. The molecule has 0 aromatic heterocycles. The van der Waals surface area contributed by atoms with Crippen molar-refractivity contribution >= 4 is 29.6 Å². The zero-order valence-electron chi connectivity index (χ0n) is 16.9. The molecule has 4 atom stereocenters. The van der Waals surface area contributed by atoms with E-state index in [0.717, 1.165) is 17.0 Å². The van der Waals surface area contributed by atoms with Crippen LogP contribution in [0.2, 0.25) is 5.02 Å². The van der Waals surface area contributed by atoms with Crippen LogP contribution >= 0.6 is 11.6 Å². The molecule has 1 saturated carbocycles. The van der Waals surface area contributed by atoms with E-state index >= 15 is 0 Å². The maximum absolute atomic E-state index is 12.8. The SMILES string of the molecule is COc1cc(C=NN2C(=O)C3C4C=CC(C4)C3C2=O)cc(Cl)c1OCc1ccccc1. The Bertz CT molecular complexity index is 1070. The predicted octanol–water partition coefficient (Wildman–Crippen LogP) is 4.07. The molecule has 2 bridgehead atoms. The average Bonchev–Trinajstić information content (AvgIpc) is 3.46. The van der Waals surface area contributed by atoms with E-state index in [9.17, 15) is 9.59 Å². The smallest absolute Gasteiger partial charge is 0.254 e. The molecule has 0 spiro atoms. The summed E-state index contributed by atoms with van der Waals surface area (Å²) < 4.78 is 11.3. The monoisotopic (exact) mass is 436 g/mol. The molecule has 158 valence electrons. The van der Waals surface area contributed by atoms with Crippen LogP contribution in [-0.4, -0.2) is 30.1 Å². The molecule has 3 aliphatic rings. The Kier molecular flexibility index (Phi) is 5.02. The van der Waals surface area contributed by atoms with Gasteiger partial charge in [-0.05, 0) is 41.5 Å². The van der Waals surface area contributed by atoms with Gasteiger partial charge in [0.15, 0.2) is 11.5 Å². The zero-order valence-corrected chi connectivity index (χ0v) is 17.7. The van der Waals surface area contributed by atoms with Crippen molar-refractivity contribution in [2.75, 3.05) is 7.11 Å². The minimum absolute atomic E-state index is 0.155. The number of hydrazone groups is 1. The molecule has 2 aromatic rings. The maximum atomic E-state index is 12.8. The first-order chi connectivity index (χ1) is 15.1. The summed E-state index contributed by atoms with van der Waals surface area (Å²) in [5, 5.41) is 5.57. The van der Waals surface area contributed by atoms with Gasteiger partial charge in [-0.3, -0.25) is 9.59 Å². The molecular weight excluding hydrogens is 416 g/mol. The van der Waals surface area contributed by atoms with Gasteiger partial charge in [0.2, 0.25) is 0 Å².